The van der Waals surface area contributed by atoms with Gasteiger partial charge < -0.3 is 19.5 Å². The maximum Gasteiger partial charge on any atom is 0.337 e. The number of benzene rings is 1. The predicted molar refractivity (Wildman–Crippen MR) is 154 cm³/mol. The van der Waals surface area contributed by atoms with Crippen molar-refractivity contribution in [2.75, 3.05) is 24.6 Å². The number of rotatable bonds is 9. The Morgan fingerprint density at radius 1 is 1.10 bits per heavy atom. The molecule has 1 atom stereocenters. The lowest BCUT2D eigenvalue weighted by atomic mass is 9.82. The van der Waals surface area contributed by atoms with E-state index in [4.69, 9.17) is 9.47 Å². The lowest BCUT2D eigenvalue weighted by Gasteiger charge is -2.40. The Balaban J connectivity index is 1.67. The molecule has 220 valence electrons. The molecule has 0 amide bonds. The molecule has 3 aromatic rings. The topological polar surface area (TPSA) is 84.8 Å². The van der Waals surface area contributed by atoms with Crippen molar-refractivity contribution in [3.05, 3.63) is 71.2 Å². The summed E-state index contributed by atoms with van der Waals surface area (Å²) in [7, 11) is 0. The molecule has 0 aliphatic carbocycles. The van der Waals surface area contributed by atoms with E-state index in [1.54, 1.807) is 24.5 Å². The molecule has 1 saturated heterocycles. The molecule has 1 aliphatic heterocycles. The van der Waals surface area contributed by atoms with Gasteiger partial charge in [0, 0.05) is 42.5 Å². The minimum absolute atomic E-state index is 0.150. The fourth-order valence-electron chi connectivity index (χ4n) is 5.02. The zero-order chi connectivity index (χ0) is 29.9. The number of carboxylic acid groups (broad SMARTS) is 1. The number of aryl methyl sites for hydroxylation is 1. The molecule has 0 saturated carbocycles. The zero-order valence-corrected chi connectivity index (χ0v) is 24.6. The highest BCUT2D eigenvalue weighted by atomic mass is 19.2. The second kappa shape index (κ2) is 12.1. The van der Waals surface area contributed by atoms with Crippen LogP contribution in [0, 0.1) is 24.0 Å². The molecule has 0 spiro atoms. The smallest absolute Gasteiger partial charge is 0.337 e. The minimum atomic E-state index is -1.21. The van der Waals surface area contributed by atoms with Gasteiger partial charge in [-0.3, -0.25) is 9.97 Å². The van der Waals surface area contributed by atoms with E-state index < -0.39 is 29.3 Å². The van der Waals surface area contributed by atoms with E-state index in [0.717, 1.165) is 37.7 Å². The first-order valence-corrected chi connectivity index (χ1v) is 13.9. The molecule has 9 heteroatoms. The van der Waals surface area contributed by atoms with Gasteiger partial charge in [-0.05, 0) is 69.7 Å². The lowest BCUT2D eigenvalue weighted by Crippen LogP contribution is -2.39. The molecule has 1 N–H and O–H groups in total. The van der Waals surface area contributed by atoms with Gasteiger partial charge in [0.1, 0.15) is 5.75 Å². The number of aliphatic carboxylic acids is 1. The summed E-state index contributed by atoms with van der Waals surface area (Å²) in [6.45, 7) is 13.5. The second-order valence-electron chi connectivity index (χ2n) is 12.3. The van der Waals surface area contributed by atoms with E-state index in [-0.39, 0.29) is 24.0 Å². The average Bonchev–Trinajstić information content (AvgIpc) is 2.90. The fourth-order valence-corrected chi connectivity index (χ4v) is 5.02. The third-order valence-electron chi connectivity index (χ3n) is 7.36. The Hall–Kier alpha value is -3.59. The molecule has 0 bridgehead atoms. The molecule has 4 rings (SSSR count). The first-order chi connectivity index (χ1) is 19.3. The molecule has 0 radical (unpaired) electrons. The molecule has 7 nitrogen and oxygen atoms in total. The number of aromatic nitrogens is 2. The van der Waals surface area contributed by atoms with Gasteiger partial charge in [-0.1, -0.05) is 26.0 Å². The van der Waals surface area contributed by atoms with Gasteiger partial charge >= 0.3 is 5.97 Å². The molecule has 3 heterocycles. The van der Waals surface area contributed by atoms with Crippen LogP contribution in [0.15, 0.2) is 42.7 Å². The van der Waals surface area contributed by atoms with Crippen LogP contribution in [0.2, 0.25) is 0 Å². The second-order valence-corrected chi connectivity index (χ2v) is 12.3. The Morgan fingerprint density at radius 3 is 2.41 bits per heavy atom. The summed E-state index contributed by atoms with van der Waals surface area (Å²) in [5, 5.41) is 10.3. The highest BCUT2D eigenvalue weighted by Gasteiger charge is 2.36. The number of hydrogen-bond donors (Lipinski definition) is 1. The third kappa shape index (κ3) is 7.38. The van der Waals surface area contributed by atoms with E-state index in [9.17, 15) is 18.7 Å². The molecule has 1 aliphatic rings. The van der Waals surface area contributed by atoms with Crippen LogP contribution in [0.4, 0.5) is 14.5 Å². The lowest BCUT2D eigenvalue weighted by molar-refractivity contribution is -0.160. The van der Waals surface area contributed by atoms with Crippen LogP contribution in [0.25, 0.3) is 11.3 Å². The van der Waals surface area contributed by atoms with E-state index >= 15 is 0 Å². The quantitative estimate of drug-likeness (QED) is 0.300. The van der Waals surface area contributed by atoms with Crippen molar-refractivity contribution < 1.29 is 28.2 Å². The summed E-state index contributed by atoms with van der Waals surface area (Å²) < 4.78 is 39.3. The zero-order valence-electron chi connectivity index (χ0n) is 24.6. The minimum Gasteiger partial charge on any atom is -0.492 e. The molecular weight excluding hydrogens is 528 g/mol. The summed E-state index contributed by atoms with van der Waals surface area (Å²) >= 11 is 0. The Labute approximate surface area is 240 Å². The van der Waals surface area contributed by atoms with Crippen LogP contribution in [0.5, 0.6) is 5.75 Å². The fraction of sp³-hybridized carbons (Fsp3) is 0.469. The van der Waals surface area contributed by atoms with Crippen LogP contribution >= 0.6 is 0 Å². The number of carbonyl (C=O) groups is 1. The van der Waals surface area contributed by atoms with Crippen molar-refractivity contribution >= 4 is 11.7 Å². The summed E-state index contributed by atoms with van der Waals surface area (Å²) in [6.07, 6.45) is 4.21. The molecular formula is C32H39F2N3O4. The molecule has 41 heavy (non-hydrogen) atoms. The van der Waals surface area contributed by atoms with Crippen molar-refractivity contribution in [2.24, 2.45) is 5.41 Å². The Bertz CT molecular complexity index is 1380. The maximum atomic E-state index is 14.0. The van der Waals surface area contributed by atoms with Gasteiger partial charge in [-0.25, -0.2) is 13.6 Å². The number of piperidine rings is 1. The molecule has 1 aromatic carbocycles. The third-order valence-corrected chi connectivity index (χ3v) is 7.36. The Kier molecular flexibility index (Phi) is 8.97. The SMILES string of the molecule is Cc1ncc(-c2ccc(OCCc3cccc(F)c3F)cn2)c(N2CCC(C)(C)CC2)c1[C@H](OC(C)(C)C)C(=O)O. The standard InChI is InChI=1S/C32H39F2N3O4/c1-20-26(29(30(38)39)41-31(2,3)4)28(37-15-13-32(5,6)14-16-37)23(19-35-20)25-11-10-22(18-36-25)40-17-12-21-8-7-9-24(33)27(21)34/h7-11,18-19,29H,12-17H2,1-6H3,(H,38,39)/t29-/m0/s1. The van der Waals surface area contributed by atoms with E-state index in [1.165, 1.54) is 12.1 Å². The number of pyridine rings is 2. The number of anilines is 1. The van der Waals surface area contributed by atoms with Crippen molar-refractivity contribution in [3.63, 3.8) is 0 Å². The van der Waals surface area contributed by atoms with Gasteiger partial charge in [-0.2, -0.15) is 0 Å². The normalized spacial score (nSPS) is 16.0. The van der Waals surface area contributed by atoms with E-state index in [0.29, 0.717) is 28.3 Å². The number of halogens is 2. The molecule has 0 unspecified atom stereocenters. The van der Waals surface area contributed by atoms with E-state index in [1.807, 2.05) is 27.7 Å². The van der Waals surface area contributed by atoms with Gasteiger partial charge in [0.2, 0.25) is 0 Å². The maximum absolute atomic E-state index is 14.0. The average molecular weight is 568 g/mol. The highest BCUT2D eigenvalue weighted by molar-refractivity contribution is 5.85. The first kappa shape index (κ1) is 30.4. The van der Waals surface area contributed by atoms with Crippen LogP contribution in [0.1, 0.15) is 70.4 Å². The summed E-state index contributed by atoms with van der Waals surface area (Å²) in [4.78, 5) is 24.0. The molecule has 2 aromatic heterocycles. The van der Waals surface area contributed by atoms with Crippen LogP contribution in [-0.4, -0.2) is 46.3 Å². The van der Waals surface area contributed by atoms with Crippen molar-refractivity contribution in [1.82, 2.24) is 9.97 Å². The van der Waals surface area contributed by atoms with Crippen molar-refractivity contribution in [1.29, 1.82) is 0 Å². The number of hydrogen-bond acceptors (Lipinski definition) is 6. The van der Waals surface area contributed by atoms with Gasteiger partial charge in [0.15, 0.2) is 17.7 Å². The highest BCUT2D eigenvalue weighted by Crippen LogP contribution is 2.43. The van der Waals surface area contributed by atoms with Gasteiger partial charge in [-0.15, -0.1) is 0 Å². The van der Waals surface area contributed by atoms with Gasteiger partial charge in [0.05, 0.1) is 29.8 Å². The van der Waals surface area contributed by atoms with Crippen LogP contribution in [-0.2, 0) is 16.0 Å². The molecule has 1 fully saturated rings. The largest absolute Gasteiger partial charge is 0.492 e. The van der Waals surface area contributed by atoms with E-state index in [2.05, 4.69) is 28.7 Å². The van der Waals surface area contributed by atoms with Crippen molar-refractivity contribution in [3.8, 4) is 17.0 Å². The van der Waals surface area contributed by atoms with Gasteiger partial charge in [0.25, 0.3) is 0 Å². The number of carboxylic acids is 1. The number of nitrogens with zero attached hydrogens (tertiary/aromatic N) is 3. The summed E-state index contributed by atoms with van der Waals surface area (Å²) in [5.41, 5.74) is 2.96. The summed E-state index contributed by atoms with van der Waals surface area (Å²) in [6, 6.07) is 7.64. The predicted octanol–water partition coefficient (Wildman–Crippen LogP) is 6.92. The first-order valence-electron chi connectivity index (χ1n) is 13.9. The summed E-state index contributed by atoms with van der Waals surface area (Å²) in [5.74, 6) is -2.35. The van der Waals surface area contributed by atoms with Crippen LogP contribution in [0.3, 0.4) is 0 Å². The Morgan fingerprint density at radius 2 is 1.80 bits per heavy atom. The monoisotopic (exact) mass is 567 g/mol. The number of ether oxygens (including phenoxy) is 2. The van der Waals surface area contributed by atoms with Crippen LogP contribution < -0.4 is 9.64 Å². The van der Waals surface area contributed by atoms with Crippen molar-refractivity contribution in [2.45, 2.75) is 72.5 Å².